The van der Waals surface area contributed by atoms with Gasteiger partial charge in [-0.25, -0.2) is 4.98 Å². The average Bonchev–Trinajstić information content (AvgIpc) is 2.76. The Morgan fingerprint density at radius 3 is 2.54 bits per heavy atom. The molecule has 0 bridgehead atoms. The van der Waals surface area contributed by atoms with E-state index in [9.17, 15) is 9.59 Å². The van der Waals surface area contributed by atoms with Gasteiger partial charge >= 0.3 is 0 Å². The maximum absolute atomic E-state index is 12.9. The summed E-state index contributed by atoms with van der Waals surface area (Å²) in [5.41, 5.74) is 1.98. The molecule has 6 nitrogen and oxygen atoms in total. The molecule has 0 aliphatic carbocycles. The molecule has 1 aromatic carbocycles. The highest BCUT2D eigenvalue weighted by molar-refractivity contribution is 5.97. The van der Waals surface area contributed by atoms with Gasteiger partial charge in [0.25, 0.3) is 5.91 Å². The number of hydrogen-bond acceptors (Lipinski definition) is 4. The second kappa shape index (κ2) is 7.09. The predicted molar refractivity (Wildman–Crippen MR) is 99.9 cm³/mol. The van der Waals surface area contributed by atoms with Crippen LogP contribution in [0, 0.1) is 12.3 Å². The Labute approximate surface area is 154 Å². The fourth-order valence-corrected chi connectivity index (χ4v) is 3.29. The summed E-state index contributed by atoms with van der Waals surface area (Å²) in [5.74, 6) is 0.747. The Kier molecular flexibility index (Phi) is 5.03. The smallest absolute Gasteiger partial charge is 0.253 e. The molecule has 1 saturated heterocycles. The Balaban J connectivity index is 1.67. The molecule has 0 atom stereocenters. The molecule has 26 heavy (non-hydrogen) atoms. The van der Waals surface area contributed by atoms with Gasteiger partial charge in [-0.05, 0) is 30.0 Å². The summed E-state index contributed by atoms with van der Waals surface area (Å²) in [6, 6.07) is 5.35. The monoisotopic (exact) mass is 357 g/mol. The summed E-state index contributed by atoms with van der Waals surface area (Å²) in [4.78, 5) is 33.4. The number of hydrogen-bond donors (Lipinski definition) is 0. The maximum atomic E-state index is 12.9. The van der Waals surface area contributed by atoms with Crippen LogP contribution in [-0.4, -0.2) is 52.8 Å². The van der Waals surface area contributed by atoms with E-state index in [0.717, 1.165) is 6.42 Å². The number of carbonyl (C=O) groups is 2. The van der Waals surface area contributed by atoms with Gasteiger partial charge in [-0.1, -0.05) is 20.8 Å². The minimum atomic E-state index is -0.0238. The quantitative estimate of drug-likeness (QED) is 0.827. The van der Waals surface area contributed by atoms with Gasteiger partial charge in [0.1, 0.15) is 5.52 Å². The molecule has 1 aromatic heterocycles. The number of aromatic nitrogens is 1. The van der Waals surface area contributed by atoms with Crippen molar-refractivity contribution in [3.63, 3.8) is 0 Å². The first-order chi connectivity index (χ1) is 12.2. The Hall–Kier alpha value is -2.37. The van der Waals surface area contributed by atoms with Crippen LogP contribution in [0.25, 0.3) is 11.1 Å². The van der Waals surface area contributed by atoms with Crippen LogP contribution in [0.2, 0.25) is 0 Å². The molecule has 140 valence electrons. The highest BCUT2D eigenvalue weighted by Crippen LogP contribution is 2.21. The van der Waals surface area contributed by atoms with E-state index in [-0.39, 0.29) is 17.2 Å². The van der Waals surface area contributed by atoms with E-state index in [1.165, 1.54) is 0 Å². The van der Waals surface area contributed by atoms with Crippen LogP contribution in [0.4, 0.5) is 0 Å². The van der Waals surface area contributed by atoms with E-state index in [2.05, 4.69) is 25.8 Å². The van der Waals surface area contributed by atoms with Crippen molar-refractivity contribution in [1.29, 1.82) is 0 Å². The highest BCUT2D eigenvalue weighted by atomic mass is 16.3. The molecular formula is C20H27N3O3. The van der Waals surface area contributed by atoms with Crippen molar-refractivity contribution in [2.75, 3.05) is 26.2 Å². The van der Waals surface area contributed by atoms with Gasteiger partial charge in [-0.3, -0.25) is 9.59 Å². The first-order valence-corrected chi connectivity index (χ1v) is 9.17. The van der Waals surface area contributed by atoms with Crippen molar-refractivity contribution in [3.8, 4) is 0 Å². The second-order valence-corrected chi connectivity index (χ2v) is 8.18. The molecule has 0 unspecified atom stereocenters. The summed E-state index contributed by atoms with van der Waals surface area (Å²) >= 11 is 0. The van der Waals surface area contributed by atoms with Crippen LogP contribution in [0.1, 0.15) is 49.9 Å². The van der Waals surface area contributed by atoms with Gasteiger partial charge in [0, 0.05) is 45.1 Å². The average molecular weight is 357 g/mol. The van der Waals surface area contributed by atoms with E-state index in [0.29, 0.717) is 55.2 Å². The summed E-state index contributed by atoms with van der Waals surface area (Å²) in [5, 5.41) is 0. The topological polar surface area (TPSA) is 66.7 Å². The molecule has 1 aliphatic heterocycles. The molecule has 1 fully saturated rings. The SMILES string of the molecule is Cc1nc2cc(C(=O)N3CCCN(C(=O)CC(C)(C)C)CC3)ccc2o1. The number of benzene rings is 1. The summed E-state index contributed by atoms with van der Waals surface area (Å²) < 4.78 is 5.47. The predicted octanol–water partition coefficient (Wildman–Crippen LogP) is 3.25. The molecule has 0 spiro atoms. The van der Waals surface area contributed by atoms with E-state index in [4.69, 9.17) is 4.42 Å². The van der Waals surface area contributed by atoms with Crippen molar-refractivity contribution in [2.24, 2.45) is 5.41 Å². The Morgan fingerprint density at radius 2 is 1.81 bits per heavy atom. The van der Waals surface area contributed by atoms with Crippen molar-refractivity contribution >= 4 is 22.9 Å². The van der Waals surface area contributed by atoms with Crippen LogP contribution in [0.3, 0.4) is 0 Å². The lowest BCUT2D eigenvalue weighted by atomic mass is 9.91. The number of nitrogens with zero attached hydrogens (tertiary/aromatic N) is 3. The van der Waals surface area contributed by atoms with Crippen molar-refractivity contribution in [3.05, 3.63) is 29.7 Å². The molecule has 0 radical (unpaired) electrons. The first-order valence-electron chi connectivity index (χ1n) is 9.17. The third kappa shape index (κ3) is 4.23. The zero-order chi connectivity index (χ0) is 18.9. The fourth-order valence-electron chi connectivity index (χ4n) is 3.29. The van der Waals surface area contributed by atoms with Crippen molar-refractivity contribution in [2.45, 2.75) is 40.5 Å². The minimum Gasteiger partial charge on any atom is -0.441 e. The molecule has 2 aromatic rings. The van der Waals surface area contributed by atoms with Crippen LogP contribution >= 0.6 is 0 Å². The van der Waals surface area contributed by atoms with Gasteiger partial charge in [0.05, 0.1) is 0 Å². The first kappa shape index (κ1) is 18.4. The van der Waals surface area contributed by atoms with Crippen molar-refractivity contribution < 1.29 is 14.0 Å². The lowest BCUT2D eigenvalue weighted by Gasteiger charge is -2.25. The molecule has 0 saturated carbocycles. The van der Waals surface area contributed by atoms with Crippen LogP contribution in [0.15, 0.2) is 22.6 Å². The van der Waals surface area contributed by atoms with Gasteiger partial charge in [-0.15, -0.1) is 0 Å². The number of carbonyl (C=O) groups excluding carboxylic acids is 2. The molecule has 6 heteroatoms. The number of aryl methyl sites for hydroxylation is 1. The Bertz CT molecular complexity index is 819. The Morgan fingerprint density at radius 1 is 1.12 bits per heavy atom. The molecule has 1 aliphatic rings. The normalized spacial score (nSPS) is 16.0. The van der Waals surface area contributed by atoms with Gasteiger partial charge in [0.2, 0.25) is 5.91 Å². The summed E-state index contributed by atoms with van der Waals surface area (Å²) in [7, 11) is 0. The zero-order valence-corrected chi connectivity index (χ0v) is 16.0. The summed E-state index contributed by atoms with van der Waals surface area (Å²) in [6.07, 6.45) is 1.33. The van der Waals surface area contributed by atoms with E-state index < -0.39 is 0 Å². The van der Waals surface area contributed by atoms with Gasteiger partial charge in [0.15, 0.2) is 11.5 Å². The van der Waals surface area contributed by atoms with Gasteiger partial charge < -0.3 is 14.2 Å². The second-order valence-electron chi connectivity index (χ2n) is 8.18. The maximum Gasteiger partial charge on any atom is 0.253 e. The van der Waals surface area contributed by atoms with Crippen molar-refractivity contribution in [1.82, 2.24) is 14.8 Å². The third-order valence-electron chi connectivity index (χ3n) is 4.56. The zero-order valence-electron chi connectivity index (χ0n) is 16.0. The third-order valence-corrected chi connectivity index (χ3v) is 4.56. The van der Waals surface area contributed by atoms with E-state index >= 15 is 0 Å². The standard InChI is InChI=1S/C20H27N3O3/c1-14-21-16-12-15(6-7-17(16)26-14)19(25)23-9-5-8-22(10-11-23)18(24)13-20(2,3)4/h6-7,12H,5,8-11,13H2,1-4H3. The van der Waals surface area contributed by atoms with Gasteiger partial charge in [-0.2, -0.15) is 0 Å². The summed E-state index contributed by atoms with van der Waals surface area (Å²) in [6.45, 7) is 10.5. The number of rotatable bonds is 2. The molecule has 0 N–H and O–H groups in total. The number of amides is 2. The lowest BCUT2D eigenvalue weighted by Crippen LogP contribution is -2.38. The van der Waals surface area contributed by atoms with Crippen LogP contribution in [-0.2, 0) is 4.79 Å². The molecular weight excluding hydrogens is 330 g/mol. The van der Waals surface area contributed by atoms with Crippen LogP contribution in [0.5, 0.6) is 0 Å². The van der Waals surface area contributed by atoms with E-state index in [1.807, 2.05) is 9.80 Å². The molecule has 3 rings (SSSR count). The fraction of sp³-hybridized carbons (Fsp3) is 0.550. The van der Waals surface area contributed by atoms with Crippen LogP contribution < -0.4 is 0 Å². The van der Waals surface area contributed by atoms with E-state index in [1.54, 1.807) is 25.1 Å². The largest absolute Gasteiger partial charge is 0.441 e. The molecule has 2 heterocycles. The highest BCUT2D eigenvalue weighted by Gasteiger charge is 2.25. The number of oxazole rings is 1. The lowest BCUT2D eigenvalue weighted by molar-refractivity contribution is -0.132. The minimum absolute atomic E-state index is 0.0160. The number of fused-ring (bicyclic) bond motifs is 1. The molecule has 2 amide bonds.